The van der Waals surface area contributed by atoms with E-state index in [9.17, 15) is 9.50 Å². The topological polar surface area (TPSA) is 33.1 Å². The summed E-state index contributed by atoms with van der Waals surface area (Å²) in [6.45, 7) is 0. The second kappa shape index (κ2) is 3.51. The van der Waals surface area contributed by atoms with E-state index in [1.54, 1.807) is 6.07 Å². The van der Waals surface area contributed by atoms with Crippen molar-refractivity contribution in [3.8, 4) is 0 Å². The predicted molar refractivity (Wildman–Crippen MR) is 53.7 cm³/mol. The van der Waals surface area contributed by atoms with Gasteiger partial charge in [0.1, 0.15) is 0 Å². The third-order valence-corrected chi connectivity index (χ3v) is 3.43. The second-order valence-corrected chi connectivity index (χ2v) is 4.48. The zero-order chi connectivity index (χ0) is 10.2. The largest absolute Gasteiger partial charge is 0.385 e. The van der Waals surface area contributed by atoms with Crippen molar-refractivity contribution < 1.29 is 9.50 Å². The maximum absolute atomic E-state index is 13.3. The Morgan fingerprint density at radius 2 is 2.29 bits per heavy atom. The molecule has 0 amide bonds. The minimum Gasteiger partial charge on any atom is -0.385 e. The van der Waals surface area contributed by atoms with Crippen molar-refractivity contribution in [3.05, 3.63) is 23.8 Å². The van der Waals surface area contributed by atoms with Crippen LogP contribution in [0.5, 0.6) is 0 Å². The maximum Gasteiger partial charge on any atom is 0.219 e. The highest BCUT2D eigenvalue weighted by Crippen LogP contribution is 2.42. The van der Waals surface area contributed by atoms with Crippen LogP contribution in [0.2, 0.25) is 0 Å². The first kappa shape index (κ1) is 9.93. The Morgan fingerprint density at radius 3 is 2.79 bits per heavy atom. The zero-order valence-corrected chi connectivity index (χ0v) is 8.77. The summed E-state index contributed by atoms with van der Waals surface area (Å²) in [5, 5.41) is 9.99. The Bertz CT molecular complexity index is 352. The van der Waals surface area contributed by atoms with E-state index in [4.69, 9.17) is 0 Å². The van der Waals surface area contributed by atoms with Gasteiger partial charge in [0.15, 0.2) is 0 Å². The molecule has 0 bridgehead atoms. The van der Waals surface area contributed by atoms with Crippen molar-refractivity contribution in [2.24, 2.45) is 0 Å². The van der Waals surface area contributed by atoms with E-state index in [0.717, 1.165) is 11.3 Å². The summed E-state index contributed by atoms with van der Waals surface area (Å²) < 4.78 is 13.3. The molecule has 0 aromatic carbocycles. The van der Waals surface area contributed by atoms with Crippen LogP contribution in [-0.2, 0) is 5.60 Å². The number of pyridine rings is 1. The number of nitrogens with zero attached hydrogens (tertiary/aromatic N) is 1. The molecule has 4 heteroatoms. The van der Waals surface area contributed by atoms with E-state index in [1.807, 2.05) is 6.26 Å². The van der Waals surface area contributed by atoms with Gasteiger partial charge in [0.05, 0.1) is 5.60 Å². The van der Waals surface area contributed by atoms with E-state index in [2.05, 4.69) is 4.98 Å². The summed E-state index contributed by atoms with van der Waals surface area (Å²) in [7, 11) is 0. The quantitative estimate of drug-likeness (QED) is 0.604. The average molecular weight is 213 g/mol. The van der Waals surface area contributed by atoms with Gasteiger partial charge >= 0.3 is 0 Å². The lowest BCUT2D eigenvalue weighted by atomic mass is 9.75. The molecule has 0 unspecified atom stereocenters. The molecule has 1 aliphatic carbocycles. The smallest absolute Gasteiger partial charge is 0.219 e. The van der Waals surface area contributed by atoms with Crippen molar-refractivity contribution >= 4 is 11.8 Å². The minimum atomic E-state index is -0.956. The molecular formula is C10H12FNOS. The summed E-state index contributed by atoms with van der Waals surface area (Å²) in [5.41, 5.74) is -0.598. The number of hydrogen-bond donors (Lipinski definition) is 1. The Balaban J connectivity index is 2.40. The fraction of sp³-hybridized carbons (Fsp3) is 0.500. The summed E-state index contributed by atoms with van der Waals surface area (Å²) in [6, 6.07) is 1.70. The maximum atomic E-state index is 13.3. The fourth-order valence-corrected chi connectivity index (χ4v) is 2.04. The van der Waals surface area contributed by atoms with E-state index < -0.39 is 11.5 Å². The van der Waals surface area contributed by atoms with Gasteiger partial charge in [-0.3, -0.25) is 0 Å². The van der Waals surface area contributed by atoms with Crippen LogP contribution < -0.4 is 0 Å². The Labute approximate surface area is 86.6 Å². The molecule has 0 aliphatic heterocycles. The lowest BCUT2D eigenvalue weighted by Crippen LogP contribution is -2.34. The van der Waals surface area contributed by atoms with Gasteiger partial charge in [0, 0.05) is 16.7 Å². The number of hydrogen-bond acceptors (Lipinski definition) is 3. The van der Waals surface area contributed by atoms with E-state index in [0.29, 0.717) is 18.4 Å². The van der Waals surface area contributed by atoms with Crippen LogP contribution in [0.3, 0.4) is 0 Å². The molecule has 14 heavy (non-hydrogen) atoms. The van der Waals surface area contributed by atoms with Crippen LogP contribution in [0.1, 0.15) is 24.8 Å². The van der Waals surface area contributed by atoms with Gasteiger partial charge in [0.2, 0.25) is 5.95 Å². The molecule has 1 aromatic rings. The van der Waals surface area contributed by atoms with Crippen molar-refractivity contribution in [2.45, 2.75) is 29.8 Å². The Kier molecular flexibility index (Phi) is 2.49. The molecule has 1 fully saturated rings. The van der Waals surface area contributed by atoms with Gasteiger partial charge in [-0.25, -0.2) is 4.98 Å². The molecule has 2 nitrogen and oxygen atoms in total. The molecular weight excluding hydrogens is 201 g/mol. The van der Waals surface area contributed by atoms with Gasteiger partial charge in [-0.2, -0.15) is 4.39 Å². The highest BCUT2D eigenvalue weighted by Gasteiger charge is 2.39. The zero-order valence-electron chi connectivity index (χ0n) is 7.96. The highest BCUT2D eigenvalue weighted by molar-refractivity contribution is 7.98. The molecule has 76 valence electrons. The normalized spacial score (nSPS) is 19.1. The van der Waals surface area contributed by atoms with Crippen LogP contribution in [0, 0.1) is 5.95 Å². The number of halogens is 1. The number of aromatic nitrogens is 1. The van der Waals surface area contributed by atoms with E-state index in [-0.39, 0.29) is 0 Å². The van der Waals surface area contributed by atoms with Crippen LogP contribution in [-0.4, -0.2) is 16.3 Å². The van der Waals surface area contributed by atoms with Crippen LogP contribution >= 0.6 is 11.8 Å². The second-order valence-electron chi connectivity index (χ2n) is 3.60. The molecule has 0 radical (unpaired) electrons. The SMILES string of the molecule is CSc1cnc(F)c(C2(O)CCC2)c1. The van der Waals surface area contributed by atoms with Gasteiger partial charge < -0.3 is 5.11 Å². The van der Waals surface area contributed by atoms with Crippen LogP contribution in [0.15, 0.2) is 17.2 Å². The summed E-state index contributed by atoms with van der Waals surface area (Å²) in [5.74, 6) is -0.537. The summed E-state index contributed by atoms with van der Waals surface area (Å²) in [6.07, 6.45) is 5.64. The molecule has 1 aromatic heterocycles. The number of rotatable bonds is 2. The van der Waals surface area contributed by atoms with Crippen LogP contribution in [0.4, 0.5) is 4.39 Å². The lowest BCUT2D eigenvalue weighted by Gasteiger charge is -2.36. The monoisotopic (exact) mass is 213 g/mol. The lowest BCUT2D eigenvalue weighted by molar-refractivity contribution is -0.0424. The molecule has 1 heterocycles. The van der Waals surface area contributed by atoms with Gasteiger partial charge in [-0.15, -0.1) is 11.8 Å². The van der Waals surface area contributed by atoms with Gasteiger partial charge in [0.25, 0.3) is 0 Å². The molecule has 0 spiro atoms. The first-order chi connectivity index (χ1) is 6.65. The Morgan fingerprint density at radius 1 is 1.57 bits per heavy atom. The summed E-state index contributed by atoms with van der Waals surface area (Å²) in [4.78, 5) is 4.54. The van der Waals surface area contributed by atoms with E-state index in [1.165, 1.54) is 18.0 Å². The van der Waals surface area contributed by atoms with Gasteiger partial charge in [-0.1, -0.05) is 0 Å². The molecule has 0 saturated heterocycles. The van der Waals surface area contributed by atoms with Crippen molar-refractivity contribution in [1.82, 2.24) is 4.98 Å². The predicted octanol–water partition coefficient (Wildman–Crippen LogP) is 2.31. The van der Waals surface area contributed by atoms with Crippen molar-refractivity contribution in [3.63, 3.8) is 0 Å². The van der Waals surface area contributed by atoms with E-state index >= 15 is 0 Å². The molecule has 1 aliphatic rings. The third kappa shape index (κ3) is 1.53. The molecule has 1 N–H and O–H groups in total. The minimum absolute atomic E-state index is 0.357. The highest BCUT2D eigenvalue weighted by atomic mass is 32.2. The third-order valence-electron chi connectivity index (χ3n) is 2.73. The molecule has 1 saturated carbocycles. The van der Waals surface area contributed by atoms with Crippen molar-refractivity contribution in [1.29, 1.82) is 0 Å². The van der Waals surface area contributed by atoms with Gasteiger partial charge in [-0.05, 0) is 31.6 Å². The van der Waals surface area contributed by atoms with Crippen LogP contribution in [0.25, 0.3) is 0 Å². The Hall–Kier alpha value is -0.610. The number of aliphatic hydroxyl groups is 1. The number of thioether (sulfide) groups is 1. The standard InChI is InChI=1S/C10H12FNOS/c1-14-7-5-8(9(11)12-6-7)10(13)3-2-4-10/h5-6,13H,2-4H2,1H3. The first-order valence-electron chi connectivity index (χ1n) is 4.58. The fourth-order valence-electron chi connectivity index (χ4n) is 1.65. The summed E-state index contributed by atoms with van der Waals surface area (Å²) >= 11 is 1.50. The first-order valence-corrected chi connectivity index (χ1v) is 5.80. The average Bonchev–Trinajstić information content (AvgIpc) is 2.15. The molecule has 0 atom stereocenters. The van der Waals surface area contributed by atoms with Crippen molar-refractivity contribution in [2.75, 3.05) is 6.26 Å². The molecule has 2 rings (SSSR count).